The summed E-state index contributed by atoms with van der Waals surface area (Å²) in [4.78, 5) is 2.91. The number of aryl methyl sites for hydroxylation is 2. The molecule has 3 nitrogen and oxygen atoms in total. The molecule has 0 amide bonds. The van der Waals surface area contributed by atoms with Crippen LogP contribution < -0.4 is 5.73 Å². The summed E-state index contributed by atoms with van der Waals surface area (Å²) in [6.45, 7) is 7.69. The van der Waals surface area contributed by atoms with Crippen LogP contribution in [0.25, 0.3) is 0 Å². The summed E-state index contributed by atoms with van der Waals surface area (Å²) in [5.74, 6) is 0. The zero-order chi connectivity index (χ0) is 14.3. The molecule has 0 aliphatic carbocycles. The van der Waals surface area contributed by atoms with E-state index in [0.717, 1.165) is 32.7 Å². The number of nitrogens with two attached hydrogens (primary N) is 1. The third kappa shape index (κ3) is 6.14. The maximum Gasteiger partial charge on any atom is 0.0740 e. The molecule has 0 saturated carbocycles. The molecule has 0 spiro atoms. The molecule has 0 unspecified atom stereocenters. The molecule has 106 valence electrons. The van der Waals surface area contributed by atoms with E-state index < -0.39 is 0 Å². The van der Waals surface area contributed by atoms with Gasteiger partial charge in [-0.15, -0.1) is 0 Å². The van der Waals surface area contributed by atoms with Crippen LogP contribution in [0.2, 0.25) is 0 Å². The van der Waals surface area contributed by atoms with Crippen LogP contribution in [0.15, 0.2) is 18.2 Å². The largest absolute Gasteiger partial charge is 0.393 e. The van der Waals surface area contributed by atoms with Gasteiger partial charge < -0.3 is 10.5 Å². The van der Waals surface area contributed by atoms with Crippen LogP contribution in [-0.2, 0) is 11.3 Å². The van der Waals surface area contributed by atoms with Crippen LogP contribution in [0, 0.1) is 13.8 Å². The fourth-order valence-corrected chi connectivity index (χ4v) is 2.06. The zero-order valence-electron chi connectivity index (χ0n) is 12.1. The quantitative estimate of drug-likeness (QED) is 0.742. The molecule has 1 aromatic rings. The molecule has 0 heterocycles. The van der Waals surface area contributed by atoms with Crippen molar-refractivity contribution in [3.05, 3.63) is 34.9 Å². The Kier molecular flexibility index (Phi) is 6.99. The van der Waals surface area contributed by atoms with Gasteiger partial charge in [0.2, 0.25) is 0 Å². The van der Waals surface area contributed by atoms with E-state index in [1.807, 2.05) is 0 Å². The topological polar surface area (TPSA) is 38.5 Å². The predicted molar refractivity (Wildman–Crippen MR) is 84.5 cm³/mol. The number of benzene rings is 1. The molecule has 0 saturated heterocycles. The molecule has 0 bridgehead atoms. The first kappa shape index (κ1) is 16.1. The van der Waals surface area contributed by atoms with Gasteiger partial charge in [-0.25, -0.2) is 0 Å². The standard InChI is InChI=1S/C15H24N2OS/c1-12-4-5-13(2)14(10-12)11-17(8-9-18-3)7-6-15(16)19/h4-5,10H,6-9,11H2,1-3H3,(H2,16,19). The first-order valence-corrected chi connectivity index (χ1v) is 6.99. The molecule has 0 aliphatic rings. The molecule has 1 rings (SSSR count). The smallest absolute Gasteiger partial charge is 0.0740 e. The zero-order valence-corrected chi connectivity index (χ0v) is 12.9. The number of thiocarbonyl (C=S) groups is 1. The maximum absolute atomic E-state index is 5.59. The minimum atomic E-state index is 0.573. The Bertz CT molecular complexity index is 421. The SMILES string of the molecule is COCCN(CCC(N)=S)Cc1cc(C)ccc1C. The second kappa shape index (κ2) is 8.25. The van der Waals surface area contributed by atoms with Crippen LogP contribution in [0.1, 0.15) is 23.1 Å². The van der Waals surface area contributed by atoms with E-state index in [4.69, 9.17) is 22.7 Å². The third-order valence-corrected chi connectivity index (χ3v) is 3.39. The minimum absolute atomic E-state index is 0.573. The average molecular weight is 280 g/mol. The molecule has 19 heavy (non-hydrogen) atoms. The molecule has 0 fully saturated rings. The van der Waals surface area contributed by atoms with Crippen molar-refractivity contribution in [1.82, 2.24) is 4.90 Å². The van der Waals surface area contributed by atoms with Gasteiger partial charge in [-0.2, -0.15) is 0 Å². The van der Waals surface area contributed by atoms with E-state index in [0.29, 0.717) is 4.99 Å². The monoisotopic (exact) mass is 280 g/mol. The van der Waals surface area contributed by atoms with Crippen LogP contribution in [0.5, 0.6) is 0 Å². The first-order chi connectivity index (χ1) is 9.02. The molecule has 0 aliphatic heterocycles. The highest BCUT2D eigenvalue weighted by Gasteiger charge is 2.08. The molecule has 0 aromatic heterocycles. The molecule has 2 N–H and O–H groups in total. The number of hydrogen-bond acceptors (Lipinski definition) is 3. The summed E-state index contributed by atoms with van der Waals surface area (Å²) >= 11 is 4.96. The number of hydrogen-bond donors (Lipinski definition) is 1. The van der Waals surface area contributed by atoms with Gasteiger partial charge >= 0.3 is 0 Å². The van der Waals surface area contributed by atoms with Crippen LogP contribution in [0.4, 0.5) is 0 Å². The van der Waals surface area contributed by atoms with E-state index in [-0.39, 0.29) is 0 Å². The van der Waals surface area contributed by atoms with Crippen molar-refractivity contribution in [2.24, 2.45) is 5.73 Å². The Hall–Kier alpha value is -0.970. The lowest BCUT2D eigenvalue weighted by Gasteiger charge is -2.23. The highest BCUT2D eigenvalue weighted by molar-refractivity contribution is 7.80. The van der Waals surface area contributed by atoms with E-state index in [9.17, 15) is 0 Å². The molecule has 1 aromatic carbocycles. The van der Waals surface area contributed by atoms with Crippen molar-refractivity contribution < 1.29 is 4.74 Å². The summed E-state index contributed by atoms with van der Waals surface area (Å²) < 4.78 is 5.17. The van der Waals surface area contributed by atoms with Crippen molar-refractivity contribution in [3.8, 4) is 0 Å². The highest BCUT2D eigenvalue weighted by Crippen LogP contribution is 2.13. The Morgan fingerprint density at radius 3 is 2.68 bits per heavy atom. The Morgan fingerprint density at radius 1 is 1.32 bits per heavy atom. The van der Waals surface area contributed by atoms with Gasteiger partial charge in [0.25, 0.3) is 0 Å². The number of methoxy groups -OCH3 is 1. The van der Waals surface area contributed by atoms with Crippen molar-refractivity contribution in [2.75, 3.05) is 26.8 Å². The Balaban J connectivity index is 2.68. The summed E-state index contributed by atoms with van der Waals surface area (Å²) in [5, 5.41) is 0. The third-order valence-electron chi connectivity index (χ3n) is 3.18. The van der Waals surface area contributed by atoms with Crippen molar-refractivity contribution in [1.29, 1.82) is 0 Å². The number of ether oxygens (including phenoxy) is 1. The number of nitrogens with zero attached hydrogens (tertiary/aromatic N) is 1. The van der Waals surface area contributed by atoms with Crippen LogP contribution in [-0.4, -0.2) is 36.7 Å². The van der Waals surface area contributed by atoms with Gasteiger partial charge in [-0.05, 0) is 25.0 Å². The van der Waals surface area contributed by atoms with E-state index in [1.54, 1.807) is 7.11 Å². The highest BCUT2D eigenvalue weighted by atomic mass is 32.1. The maximum atomic E-state index is 5.59. The second-order valence-electron chi connectivity index (χ2n) is 4.92. The van der Waals surface area contributed by atoms with Gasteiger partial charge in [-0.1, -0.05) is 36.0 Å². The molecular formula is C15H24N2OS. The van der Waals surface area contributed by atoms with E-state index in [2.05, 4.69) is 36.9 Å². The van der Waals surface area contributed by atoms with Crippen molar-refractivity contribution in [3.63, 3.8) is 0 Å². The van der Waals surface area contributed by atoms with Crippen LogP contribution in [0.3, 0.4) is 0 Å². The molecule has 0 atom stereocenters. The fraction of sp³-hybridized carbons (Fsp3) is 0.533. The first-order valence-electron chi connectivity index (χ1n) is 6.58. The Morgan fingerprint density at radius 2 is 2.05 bits per heavy atom. The minimum Gasteiger partial charge on any atom is -0.393 e. The summed E-state index contributed by atoms with van der Waals surface area (Å²) in [6, 6.07) is 6.57. The van der Waals surface area contributed by atoms with Gasteiger partial charge in [-0.3, -0.25) is 4.90 Å². The lowest BCUT2D eigenvalue weighted by atomic mass is 10.1. The molecule has 4 heteroatoms. The molecule has 0 radical (unpaired) electrons. The second-order valence-corrected chi connectivity index (χ2v) is 5.44. The van der Waals surface area contributed by atoms with Gasteiger partial charge in [0.05, 0.1) is 11.6 Å². The predicted octanol–water partition coefficient (Wildman–Crippen LogP) is 2.43. The number of rotatable bonds is 8. The van der Waals surface area contributed by atoms with Crippen LogP contribution >= 0.6 is 12.2 Å². The Labute approximate surface area is 121 Å². The van der Waals surface area contributed by atoms with E-state index >= 15 is 0 Å². The fourth-order valence-electron chi connectivity index (χ4n) is 1.97. The van der Waals surface area contributed by atoms with Crippen molar-refractivity contribution in [2.45, 2.75) is 26.8 Å². The average Bonchev–Trinajstić information content (AvgIpc) is 2.36. The van der Waals surface area contributed by atoms with Gasteiger partial charge in [0.15, 0.2) is 0 Å². The summed E-state index contributed by atoms with van der Waals surface area (Å²) in [6.07, 6.45) is 0.754. The van der Waals surface area contributed by atoms with E-state index in [1.165, 1.54) is 16.7 Å². The lowest BCUT2D eigenvalue weighted by molar-refractivity contribution is 0.145. The van der Waals surface area contributed by atoms with Crippen molar-refractivity contribution >= 4 is 17.2 Å². The van der Waals surface area contributed by atoms with Gasteiger partial charge in [0, 0.05) is 33.2 Å². The lowest BCUT2D eigenvalue weighted by Crippen LogP contribution is -2.30. The normalized spacial score (nSPS) is 10.9. The summed E-state index contributed by atoms with van der Waals surface area (Å²) in [7, 11) is 1.73. The van der Waals surface area contributed by atoms with Gasteiger partial charge in [0.1, 0.15) is 0 Å². The molecular weight excluding hydrogens is 256 g/mol. The summed E-state index contributed by atoms with van der Waals surface area (Å²) in [5.41, 5.74) is 9.57.